The first-order chi connectivity index (χ1) is 16.3. The number of allylic oxidation sites excluding steroid dienone is 1. The summed E-state index contributed by atoms with van der Waals surface area (Å²) in [5, 5.41) is 5.25. The van der Waals surface area contributed by atoms with Gasteiger partial charge in [-0.25, -0.2) is 17.9 Å². The van der Waals surface area contributed by atoms with Crippen molar-refractivity contribution < 1.29 is 27.5 Å². The molecular formula is C25H35N3O6S. The predicted molar refractivity (Wildman–Crippen MR) is 133 cm³/mol. The molecule has 0 bridgehead atoms. The number of nitrogens with one attached hydrogen (secondary N) is 3. The van der Waals surface area contributed by atoms with E-state index in [1.54, 1.807) is 20.8 Å². The molecule has 0 aromatic heterocycles. The van der Waals surface area contributed by atoms with Gasteiger partial charge in [-0.3, -0.25) is 9.59 Å². The molecule has 0 spiro atoms. The summed E-state index contributed by atoms with van der Waals surface area (Å²) in [6.45, 7) is 12.8. The number of unbranched alkanes of at least 4 members (excludes halogenated alkanes) is 3. The lowest BCUT2D eigenvalue weighted by atomic mass is 10.2. The maximum absolute atomic E-state index is 13.0. The number of alkyl carbamates (subject to hydrolysis) is 1. The van der Waals surface area contributed by atoms with E-state index in [9.17, 15) is 22.8 Å². The molecule has 35 heavy (non-hydrogen) atoms. The van der Waals surface area contributed by atoms with E-state index < -0.39 is 45.0 Å². The molecule has 2 rings (SSSR count). The van der Waals surface area contributed by atoms with Gasteiger partial charge in [0.1, 0.15) is 11.1 Å². The van der Waals surface area contributed by atoms with Gasteiger partial charge in [0, 0.05) is 18.0 Å². The summed E-state index contributed by atoms with van der Waals surface area (Å²) >= 11 is 0. The van der Waals surface area contributed by atoms with Crippen LogP contribution in [-0.4, -0.2) is 44.0 Å². The number of sulfonamides is 1. The Morgan fingerprint density at radius 1 is 1.17 bits per heavy atom. The minimum absolute atomic E-state index is 0.156. The van der Waals surface area contributed by atoms with Crippen LogP contribution >= 0.6 is 0 Å². The summed E-state index contributed by atoms with van der Waals surface area (Å²) < 4.78 is 33.1. The van der Waals surface area contributed by atoms with E-state index in [0.717, 1.165) is 25.7 Å². The Kier molecular flexibility index (Phi) is 9.25. The van der Waals surface area contributed by atoms with E-state index in [-0.39, 0.29) is 16.9 Å². The number of rotatable bonds is 12. The zero-order valence-electron chi connectivity index (χ0n) is 20.6. The molecule has 2 atom stereocenters. The second kappa shape index (κ2) is 11.5. The van der Waals surface area contributed by atoms with Gasteiger partial charge in [-0.15, -0.1) is 13.2 Å². The summed E-state index contributed by atoms with van der Waals surface area (Å²) in [5.41, 5.74) is -2.11. The third-order valence-corrected chi connectivity index (χ3v) is 6.76. The number of carbonyl (C=O) groups is 3. The Balaban J connectivity index is 2.07. The first-order valence-corrected chi connectivity index (χ1v) is 13.0. The standard InChI is InChI=1S/C25H35N3O6S/c1-6-8-9-10-11-15-26-21(29)18-13-12-14-20(16-18)35(32,33)28-22(30)25(17-19(25)7-2)27-23(31)34-24(3,4)5/h6-7,12-14,16,19H,1-2,8-11,15,17H2,3-5H3,(H,26,29)(H,27,31)(H,28,30)/t19-,25-/m1/s1. The molecule has 1 aliphatic carbocycles. The fourth-order valence-electron chi connectivity index (χ4n) is 3.49. The second-order valence-corrected chi connectivity index (χ2v) is 11.2. The summed E-state index contributed by atoms with van der Waals surface area (Å²) in [7, 11) is -4.31. The highest BCUT2D eigenvalue weighted by Gasteiger charge is 2.61. The Bertz CT molecular complexity index is 1080. The molecular weight excluding hydrogens is 470 g/mol. The van der Waals surface area contributed by atoms with E-state index in [2.05, 4.69) is 23.8 Å². The lowest BCUT2D eigenvalue weighted by molar-refractivity contribution is -0.122. The molecule has 3 N–H and O–H groups in total. The topological polar surface area (TPSA) is 131 Å². The zero-order valence-corrected chi connectivity index (χ0v) is 21.4. The molecule has 0 radical (unpaired) electrons. The van der Waals surface area contributed by atoms with Crippen molar-refractivity contribution in [1.29, 1.82) is 0 Å². The van der Waals surface area contributed by atoms with Gasteiger partial charge in [0.2, 0.25) is 0 Å². The van der Waals surface area contributed by atoms with Crippen molar-refractivity contribution in [2.45, 2.75) is 68.9 Å². The van der Waals surface area contributed by atoms with Crippen LogP contribution in [0, 0.1) is 5.92 Å². The number of benzene rings is 1. The second-order valence-electron chi connectivity index (χ2n) is 9.50. The number of amides is 3. The normalized spacial score (nSPS) is 19.2. The predicted octanol–water partition coefficient (Wildman–Crippen LogP) is 3.44. The van der Waals surface area contributed by atoms with Gasteiger partial charge in [-0.1, -0.05) is 24.6 Å². The Morgan fingerprint density at radius 2 is 1.89 bits per heavy atom. The summed E-state index contributed by atoms with van der Waals surface area (Å²) in [5.74, 6) is -1.76. The first-order valence-electron chi connectivity index (χ1n) is 11.5. The largest absolute Gasteiger partial charge is 0.444 e. The zero-order chi connectivity index (χ0) is 26.3. The Morgan fingerprint density at radius 3 is 2.49 bits per heavy atom. The van der Waals surface area contributed by atoms with Gasteiger partial charge < -0.3 is 15.4 Å². The molecule has 0 aliphatic heterocycles. The fraction of sp³-hybridized carbons (Fsp3) is 0.480. The van der Waals surface area contributed by atoms with Gasteiger partial charge in [0.25, 0.3) is 21.8 Å². The lowest BCUT2D eigenvalue weighted by Gasteiger charge is -2.23. The van der Waals surface area contributed by atoms with Gasteiger partial charge in [-0.2, -0.15) is 0 Å². The molecule has 1 aromatic carbocycles. The van der Waals surface area contributed by atoms with Crippen molar-refractivity contribution in [3.8, 4) is 0 Å². The minimum Gasteiger partial charge on any atom is -0.444 e. The van der Waals surface area contributed by atoms with Crippen LogP contribution in [-0.2, 0) is 19.6 Å². The van der Waals surface area contributed by atoms with Crippen molar-refractivity contribution in [3.63, 3.8) is 0 Å². The fourth-order valence-corrected chi connectivity index (χ4v) is 4.57. The minimum atomic E-state index is -4.31. The van der Waals surface area contributed by atoms with Crippen LogP contribution in [0.4, 0.5) is 4.79 Å². The number of carbonyl (C=O) groups excluding carboxylic acids is 3. The SMILES string of the molecule is C=CCCCCCNC(=O)c1cccc(S(=O)(=O)NC(=O)[C@@]2(NC(=O)OC(C)(C)C)C[C@H]2C=C)c1. The molecule has 10 heteroatoms. The molecule has 3 amide bonds. The van der Waals surface area contributed by atoms with Crippen molar-refractivity contribution in [2.75, 3.05) is 6.54 Å². The van der Waals surface area contributed by atoms with Crippen LogP contribution < -0.4 is 15.4 Å². The van der Waals surface area contributed by atoms with Crippen molar-refractivity contribution in [2.24, 2.45) is 5.92 Å². The van der Waals surface area contributed by atoms with E-state index in [4.69, 9.17) is 4.74 Å². The number of ether oxygens (including phenoxy) is 1. The average molecular weight is 506 g/mol. The molecule has 192 valence electrons. The lowest BCUT2D eigenvalue weighted by Crippen LogP contribution is -2.52. The Hall–Kier alpha value is -3.14. The average Bonchev–Trinajstić information content (AvgIpc) is 3.48. The molecule has 1 aromatic rings. The van der Waals surface area contributed by atoms with Gasteiger partial charge in [0.05, 0.1) is 4.90 Å². The molecule has 1 saturated carbocycles. The van der Waals surface area contributed by atoms with Crippen LogP contribution in [0.25, 0.3) is 0 Å². The number of hydrogen-bond acceptors (Lipinski definition) is 6. The highest BCUT2D eigenvalue weighted by atomic mass is 32.2. The first kappa shape index (κ1) is 28.1. The highest BCUT2D eigenvalue weighted by Crippen LogP contribution is 2.45. The molecule has 0 heterocycles. The molecule has 9 nitrogen and oxygen atoms in total. The number of hydrogen-bond donors (Lipinski definition) is 3. The molecule has 1 fully saturated rings. The van der Waals surface area contributed by atoms with Gasteiger partial charge in [0.15, 0.2) is 0 Å². The molecule has 0 saturated heterocycles. The van der Waals surface area contributed by atoms with Crippen LogP contribution in [0.15, 0.2) is 54.5 Å². The van der Waals surface area contributed by atoms with Crippen LogP contribution in [0.1, 0.15) is 63.2 Å². The van der Waals surface area contributed by atoms with Crippen molar-refractivity contribution in [3.05, 3.63) is 55.1 Å². The quantitative estimate of drug-likeness (QED) is 0.295. The third-order valence-electron chi connectivity index (χ3n) is 5.43. The maximum atomic E-state index is 13.0. The monoisotopic (exact) mass is 505 g/mol. The Labute approximate surface area is 207 Å². The molecule has 1 aliphatic rings. The van der Waals surface area contributed by atoms with Gasteiger partial charge in [-0.05, 0) is 64.7 Å². The summed E-state index contributed by atoms with van der Waals surface area (Å²) in [6, 6.07) is 5.41. The van der Waals surface area contributed by atoms with Crippen molar-refractivity contribution >= 4 is 27.9 Å². The van der Waals surface area contributed by atoms with Crippen molar-refractivity contribution in [1.82, 2.24) is 15.4 Å². The maximum Gasteiger partial charge on any atom is 0.408 e. The van der Waals surface area contributed by atoms with E-state index in [0.29, 0.717) is 6.54 Å². The van der Waals surface area contributed by atoms with Gasteiger partial charge >= 0.3 is 6.09 Å². The van der Waals surface area contributed by atoms with E-state index >= 15 is 0 Å². The molecule has 0 unspecified atom stereocenters. The van der Waals surface area contributed by atoms with Crippen LogP contribution in [0.5, 0.6) is 0 Å². The van der Waals surface area contributed by atoms with E-state index in [1.165, 1.54) is 30.3 Å². The highest BCUT2D eigenvalue weighted by molar-refractivity contribution is 7.90. The van der Waals surface area contributed by atoms with Crippen LogP contribution in [0.3, 0.4) is 0 Å². The van der Waals surface area contributed by atoms with Crippen LogP contribution in [0.2, 0.25) is 0 Å². The third kappa shape index (κ3) is 7.95. The summed E-state index contributed by atoms with van der Waals surface area (Å²) in [4.78, 5) is 37.4. The van der Waals surface area contributed by atoms with E-state index in [1.807, 2.05) is 10.8 Å². The smallest absolute Gasteiger partial charge is 0.408 e. The summed E-state index contributed by atoms with van der Waals surface area (Å²) in [6.07, 6.45) is 6.32.